The Hall–Kier alpha value is -2.07. The van der Waals surface area contributed by atoms with E-state index >= 15 is 0 Å². The minimum absolute atomic E-state index is 0.230. The van der Waals surface area contributed by atoms with Gasteiger partial charge in [0.2, 0.25) is 0 Å². The Kier molecular flexibility index (Phi) is 1.83. The highest BCUT2D eigenvalue weighted by molar-refractivity contribution is 5.54. The van der Waals surface area contributed by atoms with Crippen LogP contribution in [0.5, 0.6) is 0 Å². The molecule has 2 rings (SSSR count). The lowest BCUT2D eigenvalue weighted by Gasteiger charge is -2.03. The van der Waals surface area contributed by atoms with E-state index in [2.05, 4.69) is 4.98 Å². The van der Waals surface area contributed by atoms with E-state index in [0.29, 0.717) is 11.5 Å². The first-order valence-electron chi connectivity index (χ1n) is 4.37. The maximum Gasteiger partial charge on any atom is 0.141 e. The van der Waals surface area contributed by atoms with E-state index in [-0.39, 0.29) is 11.4 Å². The van der Waals surface area contributed by atoms with Gasteiger partial charge in [-0.15, -0.1) is 0 Å². The van der Waals surface area contributed by atoms with Crippen molar-refractivity contribution in [2.75, 3.05) is 5.73 Å². The van der Waals surface area contributed by atoms with Crippen LogP contribution >= 0.6 is 0 Å². The van der Waals surface area contributed by atoms with Crippen LogP contribution in [0.4, 0.5) is 5.82 Å². The van der Waals surface area contributed by atoms with Gasteiger partial charge in [0.25, 0.3) is 0 Å². The number of nitrogen functional groups attached to an aromatic ring is 1. The highest BCUT2D eigenvalue weighted by atomic mass is 14.9. The van der Waals surface area contributed by atoms with E-state index in [9.17, 15) is 0 Å². The second-order valence-corrected chi connectivity index (χ2v) is 3.35. The van der Waals surface area contributed by atoms with E-state index < -0.39 is 0 Å². The number of nitrogens with zero attached hydrogens (tertiary/aromatic N) is 3. The third-order valence-corrected chi connectivity index (χ3v) is 2.29. The number of hydrogen-bond acceptors (Lipinski definition) is 4. The molecule has 1 saturated carbocycles. The third kappa shape index (κ3) is 1.27. The van der Waals surface area contributed by atoms with Crippen LogP contribution in [-0.4, -0.2) is 4.98 Å². The molecule has 0 unspecified atom stereocenters. The van der Waals surface area contributed by atoms with Crippen LogP contribution in [0.3, 0.4) is 0 Å². The Morgan fingerprint density at radius 2 is 1.93 bits per heavy atom. The Bertz CT molecular complexity index is 460. The molecule has 1 aromatic rings. The molecule has 1 fully saturated rings. The molecule has 1 heterocycles. The summed E-state index contributed by atoms with van der Waals surface area (Å²) >= 11 is 0. The van der Waals surface area contributed by atoms with Crippen LogP contribution in [-0.2, 0) is 0 Å². The number of rotatable bonds is 1. The number of nitrogens with two attached hydrogens (primary N) is 1. The van der Waals surface area contributed by atoms with E-state index in [1.165, 1.54) is 6.07 Å². The number of pyridine rings is 1. The molecule has 0 saturated heterocycles. The normalized spacial score (nSPS) is 14.4. The molecule has 4 nitrogen and oxygen atoms in total. The fourth-order valence-corrected chi connectivity index (χ4v) is 1.39. The Morgan fingerprint density at radius 3 is 2.43 bits per heavy atom. The summed E-state index contributed by atoms with van der Waals surface area (Å²) in [6, 6.07) is 5.49. The summed E-state index contributed by atoms with van der Waals surface area (Å²) in [6.07, 6.45) is 2.13. The minimum Gasteiger partial charge on any atom is -0.383 e. The first kappa shape index (κ1) is 8.52. The summed E-state index contributed by atoms with van der Waals surface area (Å²) < 4.78 is 0. The molecule has 2 N–H and O–H groups in total. The van der Waals surface area contributed by atoms with Gasteiger partial charge in [-0.25, -0.2) is 4.98 Å². The van der Waals surface area contributed by atoms with Crippen molar-refractivity contribution in [2.45, 2.75) is 18.8 Å². The highest BCUT2D eigenvalue weighted by Gasteiger charge is 2.28. The average Bonchev–Trinajstić information content (AvgIpc) is 3.00. The lowest BCUT2D eigenvalue weighted by Crippen LogP contribution is -2.01. The molecule has 4 heteroatoms. The number of hydrogen-bond donors (Lipinski definition) is 1. The zero-order chi connectivity index (χ0) is 10.1. The maximum absolute atomic E-state index is 8.87. The van der Waals surface area contributed by atoms with E-state index in [1.54, 1.807) is 0 Å². The van der Waals surface area contributed by atoms with E-state index in [4.69, 9.17) is 16.3 Å². The first-order valence-corrected chi connectivity index (χ1v) is 4.37. The molecule has 1 aliphatic carbocycles. The summed E-state index contributed by atoms with van der Waals surface area (Å²) in [6.45, 7) is 0. The summed E-state index contributed by atoms with van der Waals surface area (Å²) in [7, 11) is 0. The SMILES string of the molecule is N#Cc1cc(C#N)c(C2CC2)nc1N. The molecule has 0 aliphatic heterocycles. The van der Waals surface area contributed by atoms with Gasteiger partial charge in [-0.2, -0.15) is 10.5 Å². The molecule has 0 radical (unpaired) electrons. The van der Waals surface area contributed by atoms with Crippen LogP contribution in [0.25, 0.3) is 0 Å². The highest BCUT2D eigenvalue weighted by Crippen LogP contribution is 2.41. The van der Waals surface area contributed by atoms with Gasteiger partial charge in [0.05, 0.1) is 16.8 Å². The second-order valence-electron chi connectivity index (χ2n) is 3.35. The lowest BCUT2D eigenvalue weighted by molar-refractivity contribution is 1.01. The maximum atomic E-state index is 8.87. The Labute approximate surface area is 81.6 Å². The van der Waals surface area contributed by atoms with Crippen LogP contribution in [0.15, 0.2) is 6.07 Å². The minimum atomic E-state index is 0.230. The van der Waals surface area contributed by atoms with Gasteiger partial charge in [-0.05, 0) is 18.9 Å². The monoisotopic (exact) mass is 184 g/mol. The van der Waals surface area contributed by atoms with Crippen molar-refractivity contribution in [3.05, 3.63) is 22.9 Å². The standard InChI is InChI=1S/C10H8N4/c11-4-7-3-8(5-12)10(13)14-9(7)6-1-2-6/h3,6H,1-2H2,(H2,13,14). The smallest absolute Gasteiger partial charge is 0.141 e. The topological polar surface area (TPSA) is 86.5 Å². The van der Waals surface area contributed by atoms with Gasteiger partial charge in [0.15, 0.2) is 0 Å². The largest absolute Gasteiger partial charge is 0.383 e. The first-order chi connectivity index (χ1) is 6.76. The van der Waals surface area contributed by atoms with Crippen LogP contribution < -0.4 is 5.73 Å². The zero-order valence-corrected chi connectivity index (χ0v) is 7.49. The van der Waals surface area contributed by atoms with Gasteiger partial charge in [-0.3, -0.25) is 0 Å². The summed E-state index contributed by atoms with van der Waals surface area (Å²) in [5.74, 6) is 0.605. The fourth-order valence-electron chi connectivity index (χ4n) is 1.39. The lowest BCUT2D eigenvalue weighted by atomic mass is 10.1. The van der Waals surface area contributed by atoms with Gasteiger partial charge < -0.3 is 5.73 Å². The number of nitriles is 2. The van der Waals surface area contributed by atoms with Crippen molar-refractivity contribution in [1.29, 1.82) is 10.5 Å². The Morgan fingerprint density at radius 1 is 1.29 bits per heavy atom. The van der Waals surface area contributed by atoms with Crippen LogP contribution in [0, 0.1) is 22.7 Å². The molecule has 14 heavy (non-hydrogen) atoms. The van der Waals surface area contributed by atoms with Crippen molar-refractivity contribution < 1.29 is 0 Å². The second kappa shape index (κ2) is 3.01. The van der Waals surface area contributed by atoms with Gasteiger partial charge in [0.1, 0.15) is 18.0 Å². The molecule has 68 valence electrons. The number of anilines is 1. The Balaban J connectivity index is 2.57. The van der Waals surface area contributed by atoms with Gasteiger partial charge >= 0.3 is 0 Å². The predicted molar refractivity (Wildman–Crippen MR) is 50.1 cm³/mol. The molecule has 0 bridgehead atoms. The molecule has 0 atom stereocenters. The summed E-state index contributed by atoms with van der Waals surface area (Å²) in [5, 5.41) is 17.6. The summed E-state index contributed by atoms with van der Waals surface area (Å²) in [4.78, 5) is 4.11. The predicted octanol–water partition coefficient (Wildman–Crippen LogP) is 1.28. The molecule has 1 aromatic heterocycles. The van der Waals surface area contributed by atoms with E-state index in [0.717, 1.165) is 18.5 Å². The van der Waals surface area contributed by atoms with Crippen molar-refractivity contribution in [1.82, 2.24) is 4.98 Å². The van der Waals surface area contributed by atoms with Crippen molar-refractivity contribution >= 4 is 5.82 Å². The van der Waals surface area contributed by atoms with Crippen LogP contribution in [0.2, 0.25) is 0 Å². The fraction of sp³-hybridized carbons (Fsp3) is 0.300. The van der Waals surface area contributed by atoms with Crippen molar-refractivity contribution in [3.63, 3.8) is 0 Å². The zero-order valence-electron chi connectivity index (χ0n) is 7.49. The molecule has 1 aliphatic rings. The molecule has 0 amide bonds. The molecular weight excluding hydrogens is 176 g/mol. The average molecular weight is 184 g/mol. The summed E-state index contributed by atoms with van der Waals surface area (Å²) in [5.41, 5.74) is 7.10. The van der Waals surface area contributed by atoms with Gasteiger partial charge in [-0.1, -0.05) is 0 Å². The van der Waals surface area contributed by atoms with E-state index in [1.807, 2.05) is 12.1 Å². The van der Waals surface area contributed by atoms with Crippen molar-refractivity contribution in [2.24, 2.45) is 0 Å². The quantitative estimate of drug-likeness (QED) is 0.712. The molecule has 0 aromatic carbocycles. The van der Waals surface area contributed by atoms with Crippen molar-refractivity contribution in [3.8, 4) is 12.1 Å². The third-order valence-electron chi connectivity index (χ3n) is 2.29. The molecule has 0 spiro atoms. The van der Waals surface area contributed by atoms with Gasteiger partial charge in [0, 0.05) is 5.92 Å². The molecular formula is C10H8N4. The number of aromatic nitrogens is 1. The van der Waals surface area contributed by atoms with Crippen LogP contribution in [0.1, 0.15) is 35.6 Å².